The number of carbonyl (C=O) groups is 1. The van der Waals surface area contributed by atoms with E-state index in [1.165, 1.54) is 12.8 Å². The van der Waals surface area contributed by atoms with E-state index in [9.17, 15) is 9.90 Å². The maximum atomic E-state index is 11.4. The topological polar surface area (TPSA) is 74.2 Å². The lowest BCUT2D eigenvalue weighted by molar-refractivity contribution is -0.160. The molecule has 1 atom stereocenters. The number of carboxylic acids is 1. The van der Waals surface area contributed by atoms with Gasteiger partial charge >= 0.3 is 5.97 Å². The minimum atomic E-state index is -0.895. The summed E-state index contributed by atoms with van der Waals surface area (Å²) in [6, 6.07) is 5.55. The van der Waals surface area contributed by atoms with Gasteiger partial charge in [0.05, 0.1) is 19.6 Å². The van der Waals surface area contributed by atoms with Gasteiger partial charge in [-0.05, 0) is 57.2 Å². The summed E-state index contributed by atoms with van der Waals surface area (Å²) in [5.74, 6) is -0.0177. The first-order valence-electron chi connectivity index (χ1n) is 9.38. The lowest BCUT2D eigenvalue weighted by atomic mass is 9.94. The Balaban J connectivity index is 2.31. The zero-order valence-electron chi connectivity index (χ0n) is 15.9. The van der Waals surface area contributed by atoms with Crippen LogP contribution in [-0.4, -0.2) is 43.8 Å². The average Bonchev–Trinajstić information content (AvgIpc) is 3.12. The Labute approximate surface area is 155 Å². The van der Waals surface area contributed by atoms with Crippen molar-refractivity contribution in [3.8, 4) is 11.5 Å². The Morgan fingerprint density at radius 1 is 1.15 bits per heavy atom. The first-order chi connectivity index (χ1) is 12.6. The maximum absolute atomic E-state index is 11.4. The maximum Gasteiger partial charge on any atom is 0.304 e. The molecule has 0 saturated heterocycles. The van der Waals surface area contributed by atoms with Crippen molar-refractivity contribution in [3.63, 3.8) is 0 Å². The highest BCUT2D eigenvalue weighted by Gasteiger charge is 2.28. The van der Waals surface area contributed by atoms with Gasteiger partial charge in [-0.2, -0.15) is 0 Å². The van der Waals surface area contributed by atoms with Gasteiger partial charge in [-0.1, -0.05) is 6.07 Å². The average molecular weight is 366 g/mol. The number of rotatable bonds is 11. The van der Waals surface area contributed by atoms with Crippen molar-refractivity contribution in [3.05, 3.63) is 23.8 Å². The number of hydrogen-bond acceptors (Lipinski definition) is 5. The third-order valence-electron chi connectivity index (χ3n) is 4.60. The highest BCUT2D eigenvalue weighted by atomic mass is 16.7. The van der Waals surface area contributed by atoms with Gasteiger partial charge in [0.15, 0.2) is 17.8 Å². The summed E-state index contributed by atoms with van der Waals surface area (Å²) in [5.41, 5.74) is 0.813. The molecule has 2 rings (SSSR count). The molecular weight excluding hydrogens is 336 g/mol. The summed E-state index contributed by atoms with van der Waals surface area (Å²) in [6.45, 7) is 4.63. The van der Waals surface area contributed by atoms with E-state index in [1.807, 2.05) is 32.0 Å². The molecule has 1 aromatic carbocycles. The summed E-state index contributed by atoms with van der Waals surface area (Å²) in [5, 5.41) is 9.36. The van der Waals surface area contributed by atoms with Crippen LogP contribution in [0.1, 0.15) is 57.4 Å². The van der Waals surface area contributed by atoms with Crippen LogP contribution in [0.25, 0.3) is 0 Å². The van der Waals surface area contributed by atoms with Crippen molar-refractivity contribution in [2.24, 2.45) is 0 Å². The molecule has 1 saturated carbocycles. The number of aliphatic carboxylic acids is 1. The lowest BCUT2D eigenvalue weighted by Crippen LogP contribution is -2.28. The molecule has 1 aliphatic carbocycles. The van der Waals surface area contributed by atoms with Crippen molar-refractivity contribution >= 4 is 5.97 Å². The number of methoxy groups -OCH3 is 1. The molecule has 6 nitrogen and oxygen atoms in total. The van der Waals surface area contributed by atoms with Crippen LogP contribution in [0.5, 0.6) is 11.5 Å². The SMILES string of the molecule is CCOC(OCC)C(CC(=O)O)c1ccc(OC)c(OC2CCCC2)c1. The molecular formula is C20H30O6. The fourth-order valence-electron chi connectivity index (χ4n) is 3.37. The minimum absolute atomic E-state index is 0.0835. The van der Waals surface area contributed by atoms with Crippen LogP contribution in [0.4, 0.5) is 0 Å². The van der Waals surface area contributed by atoms with E-state index >= 15 is 0 Å². The van der Waals surface area contributed by atoms with Crippen molar-refractivity contribution in [2.75, 3.05) is 20.3 Å². The van der Waals surface area contributed by atoms with Crippen molar-refractivity contribution < 1.29 is 28.8 Å². The molecule has 1 N–H and O–H groups in total. The molecule has 26 heavy (non-hydrogen) atoms. The van der Waals surface area contributed by atoms with Crippen molar-refractivity contribution in [2.45, 2.75) is 64.3 Å². The molecule has 0 aromatic heterocycles. The zero-order chi connectivity index (χ0) is 18.9. The molecule has 1 aromatic rings. The zero-order valence-corrected chi connectivity index (χ0v) is 15.9. The second-order valence-corrected chi connectivity index (χ2v) is 6.42. The predicted octanol–water partition coefficient (Wildman–Crippen LogP) is 3.97. The van der Waals surface area contributed by atoms with E-state index in [-0.39, 0.29) is 12.5 Å². The molecule has 0 amide bonds. The van der Waals surface area contributed by atoms with E-state index < -0.39 is 18.2 Å². The molecule has 0 aliphatic heterocycles. The minimum Gasteiger partial charge on any atom is -0.493 e. The van der Waals surface area contributed by atoms with Crippen LogP contribution in [0.3, 0.4) is 0 Å². The number of carboxylic acid groups (broad SMARTS) is 1. The molecule has 0 spiro atoms. The second kappa shape index (κ2) is 10.4. The van der Waals surface area contributed by atoms with Gasteiger partial charge in [-0.25, -0.2) is 0 Å². The lowest BCUT2D eigenvalue weighted by Gasteiger charge is -2.27. The first kappa shape index (κ1) is 20.5. The summed E-state index contributed by atoms with van der Waals surface area (Å²) in [6.07, 6.45) is 3.90. The highest BCUT2D eigenvalue weighted by molar-refractivity contribution is 5.68. The van der Waals surface area contributed by atoms with Crippen LogP contribution < -0.4 is 9.47 Å². The normalized spacial score (nSPS) is 16.0. The van der Waals surface area contributed by atoms with Gasteiger partial charge in [-0.3, -0.25) is 4.79 Å². The van der Waals surface area contributed by atoms with E-state index in [0.29, 0.717) is 24.7 Å². The summed E-state index contributed by atoms with van der Waals surface area (Å²) in [4.78, 5) is 11.4. The van der Waals surface area contributed by atoms with Gasteiger partial charge in [0.2, 0.25) is 0 Å². The molecule has 1 fully saturated rings. The van der Waals surface area contributed by atoms with Crippen LogP contribution in [0.2, 0.25) is 0 Å². The highest BCUT2D eigenvalue weighted by Crippen LogP contribution is 2.36. The Hall–Kier alpha value is -1.79. The molecule has 6 heteroatoms. The third-order valence-corrected chi connectivity index (χ3v) is 4.60. The monoisotopic (exact) mass is 366 g/mol. The number of ether oxygens (including phenoxy) is 4. The molecule has 1 aliphatic rings. The van der Waals surface area contributed by atoms with E-state index in [2.05, 4.69) is 0 Å². The van der Waals surface area contributed by atoms with Crippen LogP contribution in [0, 0.1) is 0 Å². The first-order valence-corrected chi connectivity index (χ1v) is 9.38. The Morgan fingerprint density at radius 3 is 2.35 bits per heavy atom. The largest absolute Gasteiger partial charge is 0.493 e. The Morgan fingerprint density at radius 2 is 1.81 bits per heavy atom. The standard InChI is InChI=1S/C20H30O6/c1-4-24-20(25-5-2)16(13-19(21)22)14-10-11-17(23-3)18(12-14)26-15-8-6-7-9-15/h10-12,15-16,20H,4-9,13H2,1-3H3,(H,21,22). The second-order valence-electron chi connectivity index (χ2n) is 6.42. The fraction of sp³-hybridized carbons (Fsp3) is 0.650. The van der Waals surface area contributed by atoms with Crippen LogP contribution >= 0.6 is 0 Å². The van der Waals surface area contributed by atoms with Gasteiger partial charge in [0.1, 0.15) is 0 Å². The molecule has 0 bridgehead atoms. The van der Waals surface area contributed by atoms with E-state index in [0.717, 1.165) is 18.4 Å². The fourth-order valence-corrected chi connectivity index (χ4v) is 3.37. The Bertz CT molecular complexity index is 561. The van der Waals surface area contributed by atoms with Gasteiger partial charge in [0, 0.05) is 19.1 Å². The molecule has 146 valence electrons. The van der Waals surface area contributed by atoms with Crippen molar-refractivity contribution in [1.82, 2.24) is 0 Å². The van der Waals surface area contributed by atoms with Crippen LogP contribution in [0.15, 0.2) is 18.2 Å². The number of hydrogen-bond donors (Lipinski definition) is 1. The summed E-state index contributed by atoms with van der Waals surface area (Å²) < 4.78 is 22.9. The molecule has 0 heterocycles. The predicted molar refractivity (Wildman–Crippen MR) is 97.9 cm³/mol. The smallest absolute Gasteiger partial charge is 0.304 e. The van der Waals surface area contributed by atoms with E-state index in [4.69, 9.17) is 18.9 Å². The van der Waals surface area contributed by atoms with Crippen molar-refractivity contribution in [1.29, 1.82) is 0 Å². The summed E-state index contributed by atoms with van der Waals surface area (Å²) in [7, 11) is 1.61. The van der Waals surface area contributed by atoms with E-state index in [1.54, 1.807) is 7.11 Å². The molecule has 0 radical (unpaired) electrons. The van der Waals surface area contributed by atoms with Gasteiger partial charge in [-0.15, -0.1) is 0 Å². The van der Waals surface area contributed by atoms with Gasteiger partial charge < -0.3 is 24.1 Å². The van der Waals surface area contributed by atoms with Crippen LogP contribution in [-0.2, 0) is 14.3 Å². The quantitative estimate of drug-likeness (QED) is 0.597. The van der Waals surface area contributed by atoms with Gasteiger partial charge in [0.25, 0.3) is 0 Å². The third kappa shape index (κ3) is 5.61. The Kier molecular flexibility index (Phi) is 8.19. The number of benzene rings is 1. The summed E-state index contributed by atoms with van der Waals surface area (Å²) >= 11 is 0. The molecule has 1 unspecified atom stereocenters.